The van der Waals surface area contributed by atoms with Crippen molar-refractivity contribution < 1.29 is 8.78 Å². The maximum absolute atomic E-state index is 13.5. The molecule has 1 aromatic heterocycles. The van der Waals surface area contributed by atoms with Crippen molar-refractivity contribution in [1.29, 1.82) is 0 Å². The van der Waals surface area contributed by atoms with Gasteiger partial charge >= 0.3 is 0 Å². The first-order chi connectivity index (χ1) is 9.01. The zero-order valence-corrected chi connectivity index (χ0v) is 10.9. The van der Waals surface area contributed by atoms with E-state index in [9.17, 15) is 8.78 Å². The number of pyridine rings is 1. The van der Waals surface area contributed by atoms with E-state index >= 15 is 0 Å². The van der Waals surface area contributed by atoms with Crippen LogP contribution in [0.2, 0.25) is 10.0 Å². The van der Waals surface area contributed by atoms with Crippen LogP contribution in [0.25, 0.3) is 0 Å². The maximum Gasteiger partial charge on any atom is 0.161 e. The molecule has 0 unspecified atom stereocenters. The fraction of sp³-hybridized carbons (Fsp3) is 0. The van der Waals surface area contributed by atoms with Gasteiger partial charge in [-0.1, -0.05) is 23.2 Å². The third-order valence-corrected chi connectivity index (χ3v) is 2.83. The van der Waals surface area contributed by atoms with E-state index in [1.807, 2.05) is 0 Å². The second-order valence-electron chi connectivity index (χ2n) is 3.54. The number of hydrogen-bond acceptors (Lipinski definition) is 4. The van der Waals surface area contributed by atoms with Gasteiger partial charge in [0.05, 0.1) is 15.7 Å². The minimum Gasteiger partial charge on any atom is -0.337 e. The molecule has 0 saturated heterocycles. The lowest BCUT2D eigenvalue weighted by Gasteiger charge is -2.11. The molecule has 0 aliphatic rings. The molecule has 0 saturated carbocycles. The number of aromatic nitrogens is 1. The van der Waals surface area contributed by atoms with Gasteiger partial charge in [-0.2, -0.15) is 0 Å². The molecule has 0 fully saturated rings. The van der Waals surface area contributed by atoms with Crippen molar-refractivity contribution in [3.63, 3.8) is 0 Å². The van der Waals surface area contributed by atoms with E-state index in [-0.39, 0.29) is 27.4 Å². The first kappa shape index (κ1) is 13.8. The molecule has 0 spiro atoms. The summed E-state index contributed by atoms with van der Waals surface area (Å²) in [6.45, 7) is 0. The summed E-state index contributed by atoms with van der Waals surface area (Å²) in [5.41, 5.74) is 2.31. The first-order valence-electron chi connectivity index (χ1n) is 5.06. The topological polar surface area (TPSA) is 63.0 Å². The fourth-order valence-electron chi connectivity index (χ4n) is 1.37. The Morgan fingerprint density at radius 3 is 2.37 bits per heavy atom. The van der Waals surface area contributed by atoms with Crippen LogP contribution in [0, 0.1) is 11.6 Å². The summed E-state index contributed by atoms with van der Waals surface area (Å²) in [5, 5.41) is 3.02. The van der Waals surface area contributed by atoms with Gasteiger partial charge in [0.2, 0.25) is 0 Å². The van der Waals surface area contributed by atoms with Gasteiger partial charge in [-0.3, -0.25) is 0 Å². The lowest BCUT2D eigenvalue weighted by atomic mass is 10.3. The highest BCUT2D eigenvalue weighted by Crippen LogP contribution is 2.31. The van der Waals surface area contributed by atoms with E-state index < -0.39 is 11.6 Å². The number of hydrogen-bond donors (Lipinski definition) is 3. The highest BCUT2D eigenvalue weighted by atomic mass is 35.5. The Hall–Kier alpha value is -1.63. The average Bonchev–Trinajstić information content (AvgIpc) is 2.35. The Morgan fingerprint density at radius 2 is 1.74 bits per heavy atom. The Balaban J connectivity index is 2.37. The number of anilines is 3. The van der Waals surface area contributed by atoms with Crippen molar-refractivity contribution in [2.75, 3.05) is 10.7 Å². The molecule has 19 heavy (non-hydrogen) atoms. The van der Waals surface area contributed by atoms with Crippen molar-refractivity contribution in [2.45, 2.75) is 0 Å². The number of nitrogens with two attached hydrogens (primary N) is 1. The normalized spacial score (nSPS) is 10.4. The van der Waals surface area contributed by atoms with Crippen LogP contribution in [0.1, 0.15) is 0 Å². The molecular weight excluding hydrogens is 297 g/mol. The lowest BCUT2D eigenvalue weighted by Crippen LogP contribution is -2.10. The van der Waals surface area contributed by atoms with Crippen molar-refractivity contribution in [1.82, 2.24) is 4.98 Å². The van der Waals surface area contributed by atoms with Crippen LogP contribution >= 0.6 is 23.2 Å². The number of nitrogens with zero attached hydrogens (tertiary/aromatic N) is 1. The molecule has 4 nitrogen and oxygen atoms in total. The van der Waals surface area contributed by atoms with Crippen LogP contribution in [-0.2, 0) is 0 Å². The van der Waals surface area contributed by atoms with E-state index in [0.717, 1.165) is 12.1 Å². The quantitative estimate of drug-likeness (QED) is 0.598. The summed E-state index contributed by atoms with van der Waals surface area (Å²) in [4.78, 5) is 3.98. The number of benzene rings is 1. The predicted octanol–water partition coefficient (Wildman–Crippen LogP) is 3.70. The van der Waals surface area contributed by atoms with Gasteiger partial charge in [-0.05, 0) is 18.2 Å². The molecule has 2 rings (SSSR count). The molecule has 0 amide bonds. The second-order valence-corrected chi connectivity index (χ2v) is 4.36. The van der Waals surface area contributed by atoms with Gasteiger partial charge in [0.15, 0.2) is 11.6 Å². The number of rotatable bonds is 3. The Bertz CT molecular complexity index is 622. The Kier molecular flexibility index (Phi) is 4.04. The Labute approximate surface area is 117 Å². The second kappa shape index (κ2) is 5.56. The van der Waals surface area contributed by atoms with E-state index in [1.165, 1.54) is 12.1 Å². The van der Waals surface area contributed by atoms with Gasteiger partial charge in [0.1, 0.15) is 11.6 Å². The van der Waals surface area contributed by atoms with Crippen LogP contribution in [0.15, 0.2) is 24.3 Å². The lowest BCUT2D eigenvalue weighted by molar-refractivity contribution is 0.586. The summed E-state index contributed by atoms with van der Waals surface area (Å²) in [6, 6.07) is 4.48. The fourth-order valence-corrected chi connectivity index (χ4v) is 1.83. The summed E-state index contributed by atoms with van der Waals surface area (Å²) >= 11 is 11.7. The molecule has 2 aromatic rings. The summed E-state index contributed by atoms with van der Waals surface area (Å²) < 4.78 is 26.3. The zero-order chi connectivity index (χ0) is 14.0. The minimum absolute atomic E-state index is 0.0288. The van der Waals surface area contributed by atoms with Crippen LogP contribution in [0.3, 0.4) is 0 Å². The van der Waals surface area contributed by atoms with Crippen molar-refractivity contribution >= 4 is 40.5 Å². The molecule has 0 aliphatic heterocycles. The minimum atomic E-state index is -0.768. The molecule has 0 radical (unpaired) electrons. The number of nitrogen functional groups attached to an aromatic ring is 1. The highest BCUT2D eigenvalue weighted by molar-refractivity contribution is 6.37. The zero-order valence-electron chi connectivity index (χ0n) is 9.35. The predicted molar refractivity (Wildman–Crippen MR) is 71.7 cm³/mol. The van der Waals surface area contributed by atoms with Crippen LogP contribution in [-0.4, -0.2) is 4.98 Å². The van der Waals surface area contributed by atoms with Crippen LogP contribution in [0.5, 0.6) is 0 Å². The van der Waals surface area contributed by atoms with Crippen LogP contribution in [0.4, 0.5) is 26.1 Å². The molecule has 0 atom stereocenters. The largest absolute Gasteiger partial charge is 0.337 e. The molecule has 1 heterocycles. The maximum atomic E-state index is 13.5. The van der Waals surface area contributed by atoms with Gasteiger partial charge < -0.3 is 10.7 Å². The molecule has 0 bridgehead atoms. The summed E-state index contributed by atoms with van der Waals surface area (Å²) in [6.07, 6.45) is 0. The van der Waals surface area contributed by atoms with E-state index in [1.54, 1.807) is 0 Å². The summed E-state index contributed by atoms with van der Waals surface area (Å²) in [7, 11) is 0. The standard InChI is InChI=1S/C11H8Cl2F2N4/c12-6-4-7(13)11(19-16)18-10(6)17-9-2-1-5(14)3-8(9)15/h1-4H,16H2,(H2,17,18,19). The first-order valence-corrected chi connectivity index (χ1v) is 5.81. The average molecular weight is 305 g/mol. The molecule has 1 aromatic carbocycles. The van der Waals surface area contributed by atoms with Crippen LogP contribution < -0.4 is 16.6 Å². The van der Waals surface area contributed by atoms with E-state index in [2.05, 4.69) is 15.7 Å². The molecule has 100 valence electrons. The Morgan fingerprint density at radius 1 is 1.05 bits per heavy atom. The third kappa shape index (κ3) is 3.04. The number of nitrogens with one attached hydrogen (secondary N) is 2. The summed E-state index contributed by atoms with van der Waals surface area (Å²) in [5.74, 6) is 4.09. The molecule has 4 N–H and O–H groups in total. The van der Waals surface area contributed by atoms with E-state index in [0.29, 0.717) is 0 Å². The number of halogens is 4. The van der Waals surface area contributed by atoms with Gasteiger partial charge in [-0.25, -0.2) is 19.6 Å². The number of hydrazine groups is 1. The van der Waals surface area contributed by atoms with Gasteiger partial charge in [0.25, 0.3) is 0 Å². The molecule has 0 aliphatic carbocycles. The highest BCUT2D eigenvalue weighted by Gasteiger charge is 2.11. The van der Waals surface area contributed by atoms with Crippen molar-refractivity contribution in [2.24, 2.45) is 5.84 Å². The van der Waals surface area contributed by atoms with Gasteiger partial charge in [0, 0.05) is 6.07 Å². The monoisotopic (exact) mass is 304 g/mol. The van der Waals surface area contributed by atoms with Crippen molar-refractivity contribution in [3.8, 4) is 0 Å². The molecular formula is C11H8Cl2F2N4. The molecule has 8 heteroatoms. The third-order valence-electron chi connectivity index (χ3n) is 2.25. The SMILES string of the molecule is NNc1nc(Nc2ccc(F)cc2F)c(Cl)cc1Cl. The van der Waals surface area contributed by atoms with Crippen molar-refractivity contribution in [3.05, 3.63) is 45.9 Å². The smallest absolute Gasteiger partial charge is 0.161 e. The van der Waals surface area contributed by atoms with E-state index in [4.69, 9.17) is 29.0 Å². The van der Waals surface area contributed by atoms with Gasteiger partial charge in [-0.15, -0.1) is 0 Å².